The molecule has 19 aromatic carbocycles. The molecule has 1 aliphatic carbocycles. The quantitative estimate of drug-likeness (QED) is 0.0887. The summed E-state index contributed by atoms with van der Waals surface area (Å²) in [6.45, 7) is 0. The highest BCUT2D eigenvalue weighted by atomic mass is 79.9. The summed E-state index contributed by atoms with van der Waals surface area (Å²) in [6.07, 6.45) is 1.08. The number of aromatic amines is 1. The number of rotatable bonds is 11. The Morgan fingerprint density at radius 1 is 0.226 bits per heavy atom. The zero-order chi connectivity index (χ0) is 91.8. The Kier molecular flexibility index (Phi) is 22.9. The van der Waals surface area contributed by atoms with E-state index >= 15 is 0 Å². The van der Waals surface area contributed by atoms with Crippen LogP contribution in [0.25, 0.3) is 210 Å². The van der Waals surface area contributed by atoms with Crippen molar-refractivity contribution in [3.05, 3.63) is 512 Å². The Labute approximate surface area is 809 Å². The summed E-state index contributed by atoms with van der Waals surface area (Å²) in [6, 6.07) is 172. The van der Waals surface area contributed by atoms with Crippen molar-refractivity contribution in [2.45, 2.75) is 6.42 Å². The van der Waals surface area contributed by atoms with Gasteiger partial charge in [0.05, 0.1) is 55.5 Å². The molecule has 0 saturated carbocycles. The second kappa shape index (κ2) is 37.1. The summed E-state index contributed by atoms with van der Waals surface area (Å²) in [5, 5.41) is 31.0. The number of benzene rings is 19. The second-order valence-corrected chi connectivity index (χ2v) is 36.2. The van der Waals surface area contributed by atoms with Gasteiger partial charge in [-0.15, -0.1) is 0 Å². The molecule has 27 rings (SSSR count). The maximum atomic E-state index is 9.43. The summed E-state index contributed by atoms with van der Waals surface area (Å²) < 4.78 is 11.3. The van der Waals surface area contributed by atoms with E-state index in [1.165, 1.54) is 149 Å². The van der Waals surface area contributed by atoms with Gasteiger partial charge in [0.15, 0.2) is 0 Å². The maximum absolute atomic E-state index is 9.43. The number of pyridine rings is 2. The Morgan fingerprint density at radius 3 is 1.04 bits per heavy atom. The minimum absolute atomic E-state index is 0.503. The fraction of sp³-hybridized carbons (Fsp3) is 0.00800. The van der Waals surface area contributed by atoms with Crippen LogP contribution in [0, 0.1) is 0 Å². The van der Waals surface area contributed by atoms with Gasteiger partial charge in [0.1, 0.15) is 10.4 Å². The largest absolute Gasteiger partial charge is 0.488 e. The first-order chi connectivity index (χ1) is 67.6. The molecule has 26 aromatic rings. The molecule has 7 aromatic heterocycles. The molecule has 0 spiro atoms. The van der Waals surface area contributed by atoms with E-state index in [9.17, 15) is 10.0 Å². The molecule has 0 atom stereocenters. The Balaban J connectivity index is 0.000000104. The summed E-state index contributed by atoms with van der Waals surface area (Å²) >= 11 is 7.01. The molecule has 0 bridgehead atoms. The molecular formula is C125H86BBr2N7O2. The molecular weight excluding hydrogens is 1800 g/mol. The van der Waals surface area contributed by atoms with Crippen molar-refractivity contribution in [3.8, 4) is 101 Å². The van der Waals surface area contributed by atoms with Gasteiger partial charge < -0.3 is 28.7 Å². The van der Waals surface area contributed by atoms with Crippen molar-refractivity contribution < 1.29 is 10.0 Å². The molecule has 0 amide bonds. The van der Waals surface area contributed by atoms with E-state index in [0.29, 0.717) is 5.46 Å². The third-order valence-corrected chi connectivity index (χ3v) is 27.1. The Hall–Kier alpha value is -16.6. The predicted molar refractivity (Wildman–Crippen MR) is 581 cm³/mol. The number of fused-ring (bicyclic) bond motifs is 18. The van der Waals surface area contributed by atoms with Crippen LogP contribution in [-0.4, -0.2) is 50.4 Å². The average Bonchev–Trinajstić information content (AvgIpc) is 1.56. The van der Waals surface area contributed by atoms with Crippen LogP contribution in [0.4, 0.5) is 0 Å². The third kappa shape index (κ3) is 16.6. The highest BCUT2D eigenvalue weighted by Gasteiger charge is 2.23. The van der Waals surface area contributed by atoms with Crippen molar-refractivity contribution in [1.82, 2.24) is 33.2 Å². The van der Waals surface area contributed by atoms with Gasteiger partial charge in [0.2, 0.25) is 0 Å². The van der Waals surface area contributed by atoms with Gasteiger partial charge in [-0.05, 0) is 252 Å². The maximum Gasteiger partial charge on any atom is 0.488 e. The number of aromatic nitrogens is 7. The van der Waals surface area contributed by atoms with Crippen molar-refractivity contribution in [2.75, 3.05) is 0 Å². The van der Waals surface area contributed by atoms with E-state index in [0.717, 1.165) is 87.9 Å². The van der Waals surface area contributed by atoms with Gasteiger partial charge in [0, 0.05) is 97.6 Å². The lowest BCUT2D eigenvalue weighted by Gasteiger charge is -2.13. The van der Waals surface area contributed by atoms with E-state index in [4.69, 9.17) is 4.98 Å². The van der Waals surface area contributed by atoms with Gasteiger partial charge >= 0.3 is 7.12 Å². The van der Waals surface area contributed by atoms with Crippen LogP contribution < -0.4 is 5.46 Å². The standard InChI is InChI=1S/C47H31N3.C30H20N2.C18H14BNO2.C17H12BrN.C13H9Br/c1-4-14-32(15-5-1)36-30-42(33-16-6-2-7-17-33)48-47(31-36)50-44-23-13-11-21-39(44)41-29-35(25-27-46(41)50)34-24-26-45-40(28-34)38-20-10-12-22-43(38)49(45)37-18-8-3-9-19-37;1-2-8-22(9-3-1)32-29-13-7-5-11-24(29)26-19-21(15-17-30(26)32)20-14-16-28-25(18-20)23-10-4-6-12-27(23)31-28;21-19(22)13-10-11-18-16(12-13)15-8-4-5-9-17(15)20(18)14-6-2-1-3-7-14;18-17-12-15(13-7-3-1-4-8-13)11-16(19-17)14-9-5-2-6-10-14;14-11-6-5-10-7-9-3-1-2-4-12(9)13(10)8-11/h1-31H;1-19,31H;1-12,21-22H;1-12H;1-6,8H,7H2. The molecule has 0 radical (unpaired) electrons. The van der Waals surface area contributed by atoms with E-state index in [1.807, 2.05) is 84.9 Å². The number of nitrogens with zero attached hydrogens (tertiary/aromatic N) is 6. The number of halogens is 2. The molecule has 1 aliphatic rings. The molecule has 650 valence electrons. The van der Waals surface area contributed by atoms with Gasteiger partial charge in [-0.2, -0.15) is 0 Å². The lowest BCUT2D eigenvalue weighted by Crippen LogP contribution is -2.29. The summed E-state index contributed by atoms with van der Waals surface area (Å²) in [4.78, 5) is 13.4. The van der Waals surface area contributed by atoms with E-state index in [-0.39, 0.29) is 0 Å². The number of hydrogen-bond acceptors (Lipinski definition) is 4. The third-order valence-electron chi connectivity index (χ3n) is 26.2. The second-order valence-electron chi connectivity index (χ2n) is 34.5. The first-order valence-electron chi connectivity index (χ1n) is 46.0. The summed E-state index contributed by atoms with van der Waals surface area (Å²) in [7, 11) is -1.46. The lowest BCUT2D eigenvalue weighted by atomic mass is 9.80. The molecule has 0 saturated heterocycles. The van der Waals surface area contributed by atoms with E-state index in [1.54, 1.807) is 6.07 Å². The van der Waals surface area contributed by atoms with E-state index in [2.05, 4.69) is 460 Å². The zero-order valence-corrected chi connectivity index (χ0v) is 77.6. The molecule has 12 heteroatoms. The van der Waals surface area contributed by atoms with Crippen LogP contribution in [0.1, 0.15) is 11.1 Å². The molecule has 9 nitrogen and oxygen atoms in total. The minimum Gasteiger partial charge on any atom is -0.423 e. The molecule has 0 aliphatic heterocycles. The number of hydrogen-bond donors (Lipinski definition) is 3. The van der Waals surface area contributed by atoms with E-state index < -0.39 is 7.12 Å². The highest BCUT2D eigenvalue weighted by Crippen LogP contribution is 2.44. The van der Waals surface area contributed by atoms with Crippen molar-refractivity contribution in [2.24, 2.45) is 0 Å². The monoisotopic (exact) mass is 1890 g/mol. The van der Waals surface area contributed by atoms with Gasteiger partial charge in [0.25, 0.3) is 0 Å². The smallest absolute Gasteiger partial charge is 0.423 e. The van der Waals surface area contributed by atoms with Crippen LogP contribution in [0.5, 0.6) is 0 Å². The van der Waals surface area contributed by atoms with Crippen LogP contribution in [0.15, 0.2) is 500 Å². The fourth-order valence-electron chi connectivity index (χ4n) is 19.8. The number of H-pyrrole nitrogens is 1. The number of nitrogens with one attached hydrogen (secondary N) is 1. The highest BCUT2D eigenvalue weighted by molar-refractivity contribution is 9.10. The predicted octanol–water partition coefficient (Wildman–Crippen LogP) is 32.0. The first kappa shape index (κ1) is 84.7. The van der Waals surface area contributed by atoms with Crippen LogP contribution in [0.2, 0.25) is 0 Å². The van der Waals surface area contributed by atoms with Gasteiger partial charge in [-0.3, -0.25) is 4.57 Å². The molecule has 137 heavy (non-hydrogen) atoms. The van der Waals surface area contributed by atoms with Crippen LogP contribution in [0.3, 0.4) is 0 Å². The van der Waals surface area contributed by atoms with Gasteiger partial charge in [-0.1, -0.05) is 350 Å². The fourth-order valence-corrected chi connectivity index (χ4v) is 20.6. The Morgan fingerprint density at radius 2 is 0.569 bits per heavy atom. The summed E-state index contributed by atoms with van der Waals surface area (Å²) in [5.74, 6) is 0.902. The zero-order valence-electron chi connectivity index (χ0n) is 74.4. The normalized spacial score (nSPS) is 11.5. The number of para-hydroxylation sites is 8. The molecule has 0 unspecified atom stereocenters. The molecule has 3 N–H and O–H groups in total. The van der Waals surface area contributed by atoms with Crippen LogP contribution >= 0.6 is 31.9 Å². The lowest BCUT2D eigenvalue weighted by molar-refractivity contribution is 0.426. The topological polar surface area (TPSA) is 102 Å². The Bertz CT molecular complexity index is 8880. The summed E-state index contributed by atoms with van der Waals surface area (Å²) in [5.41, 5.74) is 35.0. The SMILES string of the molecule is Brc1cc(-c2ccccc2)cc(-c2ccccc2)n1.Brc1ccc2c(c1)-c1ccccc1C2.OB(O)c1ccc2c(c1)c1ccccc1n2-c1ccccc1.c1ccc(-c2cc(-c3ccccc3)nc(-n3c4ccccc4c4cc(-c5ccc6c(c5)c5ccccc5n6-c5ccccc5)ccc43)c2)cc1.c1ccc(-n2c3ccccc3c3cc(-c4ccc5[nH]c6ccccc6c5c4)ccc32)cc1. The first-order valence-corrected chi connectivity index (χ1v) is 47.6. The van der Waals surface area contributed by atoms with Crippen LogP contribution in [-0.2, 0) is 6.42 Å². The van der Waals surface area contributed by atoms with Gasteiger partial charge in [-0.25, -0.2) is 9.97 Å². The molecule has 0 fully saturated rings. The molecule has 7 heterocycles. The van der Waals surface area contributed by atoms with Crippen molar-refractivity contribution >= 4 is 153 Å². The average molecular weight is 1890 g/mol. The van der Waals surface area contributed by atoms with Crippen molar-refractivity contribution in [1.29, 1.82) is 0 Å². The van der Waals surface area contributed by atoms with Crippen molar-refractivity contribution in [3.63, 3.8) is 0 Å². The minimum atomic E-state index is -1.46.